The lowest BCUT2D eigenvalue weighted by Crippen LogP contribution is -2.43. The van der Waals surface area contributed by atoms with Gasteiger partial charge in [0.15, 0.2) is 0 Å². The van der Waals surface area contributed by atoms with Gasteiger partial charge in [-0.15, -0.1) is 11.3 Å². The third-order valence-corrected chi connectivity index (χ3v) is 6.89. The molecule has 1 saturated carbocycles. The molecule has 2 heterocycles. The average Bonchev–Trinajstić information content (AvgIpc) is 3.32. The van der Waals surface area contributed by atoms with Gasteiger partial charge in [-0.2, -0.15) is 0 Å². The van der Waals surface area contributed by atoms with Gasteiger partial charge >= 0.3 is 0 Å². The van der Waals surface area contributed by atoms with Crippen LogP contribution in [0.25, 0.3) is 11.3 Å². The van der Waals surface area contributed by atoms with Gasteiger partial charge in [0.2, 0.25) is 5.43 Å². The van der Waals surface area contributed by atoms with Gasteiger partial charge in [-0.1, -0.05) is 49.6 Å². The summed E-state index contributed by atoms with van der Waals surface area (Å²) in [4.78, 5) is 43.9. The maximum absolute atomic E-state index is 13.2. The van der Waals surface area contributed by atoms with Crippen molar-refractivity contribution in [3.05, 3.63) is 74.5 Å². The molecule has 1 fully saturated rings. The monoisotopic (exact) mass is 492 g/mol. The van der Waals surface area contributed by atoms with Crippen LogP contribution in [0.5, 0.6) is 0 Å². The molecule has 0 saturated heterocycles. The number of nitrogens with one attached hydrogen (secondary N) is 2. The molecule has 0 aliphatic heterocycles. The molecule has 0 bridgehead atoms. The van der Waals surface area contributed by atoms with Gasteiger partial charge in [0.25, 0.3) is 11.8 Å². The SMILES string of the molecule is CC(C)(C)NC(=O)c1cn(C2CCCCC2)cc(C(=O)NCc2nc(-c3ccccc3)cs2)c1=O. The smallest absolute Gasteiger partial charge is 0.257 e. The number of thiazole rings is 1. The second-order valence-corrected chi connectivity index (χ2v) is 11.0. The molecule has 0 radical (unpaired) electrons. The number of carbonyl (C=O) groups is 2. The predicted molar refractivity (Wildman–Crippen MR) is 139 cm³/mol. The van der Waals surface area contributed by atoms with Gasteiger partial charge < -0.3 is 15.2 Å². The molecule has 2 N–H and O–H groups in total. The molecule has 7 nitrogen and oxygen atoms in total. The van der Waals surface area contributed by atoms with E-state index in [0.717, 1.165) is 41.9 Å². The van der Waals surface area contributed by atoms with Crippen molar-refractivity contribution in [1.29, 1.82) is 0 Å². The maximum atomic E-state index is 13.2. The van der Waals surface area contributed by atoms with Crippen LogP contribution in [0.2, 0.25) is 0 Å². The van der Waals surface area contributed by atoms with Crippen molar-refractivity contribution in [2.24, 2.45) is 0 Å². The van der Waals surface area contributed by atoms with E-state index in [1.807, 2.05) is 61.1 Å². The summed E-state index contributed by atoms with van der Waals surface area (Å²) in [7, 11) is 0. The first-order chi connectivity index (χ1) is 16.7. The van der Waals surface area contributed by atoms with Crippen molar-refractivity contribution in [2.75, 3.05) is 0 Å². The second kappa shape index (κ2) is 10.6. The number of carbonyl (C=O) groups excluding carboxylic acids is 2. The number of rotatable bonds is 6. The number of hydrogen-bond acceptors (Lipinski definition) is 5. The summed E-state index contributed by atoms with van der Waals surface area (Å²) < 4.78 is 1.89. The Kier molecular flexibility index (Phi) is 7.50. The lowest BCUT2D eigenvalue weighted by Gasteiger charge is -2.26. The topological polar surface area (TPSA) is 93.1 Å². The first-order valence-corrected chi connectivity index (χ1v) is 13.0. The summed E-state index contributed by atoms with van der Waals surface area (Å²) in [6.45, 7) is 5.79. The molecular weight excluding hydrogens is 460 g/mol. The Hall–Kier alpha value is -3.26. The van der Waals surface area contributed by atoms with E-state index < -0.39 is 22.8 Å². The number of amides is 2. The van der Waals surface area contributed by atoms with Crippen LogP contribution in [0.1, 0.15) is 84.6 Å². The Morgan fingerprint density at radius 2 is 1.69 bits per heavy atom. The minimum absolute atomic E-state index is 0.00115. The molecule has 8 heteroatoms. The van der Waals surface area contributed by atoms with Crippen LogP contribution in [0.3, 0.4) is 0 Å². The maximum Gasteiger partial charge on any atom is 0.257 e. The lowest BCUT2D eigenvalue weighted by atomic mass is 9.95. The zero-order chi connectivity index (χ0) is 25.0. The van der Waals surface area contributed by atoms with Crippen LogP contribution >= 0.6 is 11.3 Å². The van der Waals surface area contributed by atoms with E-state index in [2.05, 4.69) is 15.6 Å². The summed E-state index contributed by atoms with van der Waals surface area (Å²) in [5.74, 6) is -0.962. The molecule has 0 atom stereocenters. The van der Waals surface area contributed by atoms with E-state index in [1.54, 1.807) is 12.4 Å². The highest BCUT2D eigenvalue weighted by atomic mass is 32.1. The first kappa shape index (κ1) is 24.9. The molecule has 4 rings (SSSR count). The Labute approximate surface area is 209 Å². The highest BCUT2D eigenvalue weighted by Crippen LogP contribution is 2.28. The zero-order valence-electron chi connectivity index (χ0n) is 20.5. The summed E-state index contributed by atoms with van der Waals surface area (Å²) in [6.07, 6.45) is 8.52. The fraction of sp³-hybridized carbons (Fsp3) is 0.407. The van der Waals surface area contributed by atoms with E-state index in [1.165, 1.54) is 17.8 Å². The standard InChI is InChI=1S/C27H32N4O3S/c1-27(2,3)30-26(34)21-16-31(19-12-8-5-9-13-19)15-20(24(21)32)25(33)28-14-23-29-22(17-35-23)18-10-6-4-7-11-18/h4,6-7,10-11,15-17,19H,5,8-9,12-14H2,1-3H3,(H,28,33)(H,30,34). The highest BCUT2D eigenvalue weighted by Gasteiger charge is 2.25. The van der Waals surface area contributed by atoms with Crippen LogP contribution in [0.4, 0.5) is 0 Å². The van der Waals surface area contributed by atoms with Crippen molar-refractivity contribution in [3.8, 4) is 11.3 Å². The van der Waals surface area contributed by atoms with E-state index in [9.17, 15) is 14.4 Å². The van der Waals surface area contributed by atoms with E-state index in [-0.39, 0.29) is 23.7 Å². The number of pyridine rings is 1. The lowest BCUT2D eigenvalue weighted by molar-refractivity contribution is 0.0917. The van der Waals surface area contributed by atoms with Crippen molar-refractivity contribution in [2.45, 2.75) is 71.0 Å². The van der Waals surface area contributed by atoms with E-state index in [0.29, 0.717) is 0 Å². The zero-order valence-corrected chi connectivity index (χ0v) is 21.3. The third-order valence-electron chi connectivity index (χ3n) is 6.04. The van der Waals surface area contributed by atoms with Crippen LogP contribution in [-0.4, -0.2) is 26.9 Å². The minimum atomic E-state index is -0.555. The van der Waals surface area contributed by atoms with Gasteiger partial charge in [-0.25, -0.2) is 4.98 Å². The quantitative estimate of drug-likeness (QED) is 0.510. The van der Waals surface area contributed by atoms with Crippen LogP contribution in [0.15, 0.2) is 52.9 Å². The largest absolute Gasteiger partial charge is 0.349 e. The molecule has 0 unspecified atom stereocenters. The summed E-state index contributed by atoms with van der Waals surface area (Å²) in [6, 6.07) is 10.0. The normalized spacial score (nSPS) is 14.5. The van der Waals surface area contributed by atoms with E-state index >= 15 is 0 Å². The van der Waals surface area contributed by atoms with Crippen LogP contribution in [0, 0.1) is 0 Å². The van der Waals surface area contributed by atoms with Crippen molar-refractivity contribution >= 4 is 23.2 Å². The van der Waals surface area contributed by atoms with Gasteiger partial charge in [0.05, 0.1) is 12.2 Å². The van der Waals surface area contributed by atoms with Gasteiger partial charge in [0.1, 0.15) is 16.1 Å². The predicted octanol–water partition coefficient (Wildman–Crippen LogP) is 4.94. The Bertz CT molecular complexity index is 1250. The van der Waals surface area contributed by atoms with Crippen molar-refractivity contribution in [1.82, 2.24) is 20.2 Å². The fourth-order valence-corrected chi connectivity index (χ4v) is 5.05. The Balaban J connectivity index is 1.58. The molecule has 1 aliphatic rings. The molecule has 2 amide bonds. The molecule has 3 aromatic rings. The summed E-state index contributed by atoms with van der Waals surface area (Å²) in [5, 5.41) is 8.38. The summed E-state index contributed by atoms with van der Waals surface area (Å²) >= 11 is 1.45. The first-order valence-electron chi connectivity index (χ1n) is 12.1. The number of nitrogens with zero attached hydrogens (tertiary/aromatic N) is 2. The van der Waals surface area contributed by atoms with Crippen molar-refractivity contribution in [3.63, 3.8) is 0 Å². The van der Waals surface area contributed by atoms with Gasteiger partial charge in [-0.3, -0.25) is 14.4 Å². The second-order valence-electron chi connectivity index (χ2n) is 10.0. The molecule has 184 valence electrons. The Morgan fingerprint density at radius 1 is 1.03 bits per heavy atom. The van der Waals surface area contributed by atoms with Crippen LogP contribution < -0.4 is 16.1 Å². The molecule has 2 aromatic heterocycles. The average molecular weight is 493 g/mol. The van der Waals surface area contributed by atoms with Crippen LogP contribution in [-0.2, 0) is 6.54 Å². The number of aromatic nitrogens is 2. The third kappa shape index (κ3) is 6.25. The minimum Gasteiger partial charge on any atom is -0.349 e. The Morgan fingerprint density at radius 3 is 2.34 bits per heavy atom. The molecule has 0 spiro atoms. The molecular formula is C27H32N4O3S. The molecule has 35 heavy (non-hydrogen) atoms. The van der Waals surface area contributed by atoms with Gasteiger partial charge in [-0.05, 0) is 33.6 Å². The molecule has 1 aromatic carbocycles. The van der Waals surface area contributed by atoms with Crippen molar-refractivity contribution < 1.29 is 9.59 Å². The summed E-state index contributed by atoms with van der Waals surface area (Å²) in [5.41, 5.74) is 0.782. The highest BCUT2D eigenvalue weighted by molar-refractivity contribution is 7.09. The molecule has 1 aliphatic carbocycles. The fourth-order valence-electron chi connectivity index (χ4n) is 4.30. The number of benzene rings is 1. The number of hydrogen-bond donors (Lipinski definition) is 2. The van der Waals surface area contributed by atoms with Gasteiger partial charge in [0, 0.05) is 34.9 Å². The van der Waals surface area contributed by atoms with E-state index in [4.69, 9.17) is 0 Å².